The highest BCUT2D eigenvalue weighted by molar-refractivity contribution is 5.87. The van der Waals surface area contributed by atoms with Gasteiger partial charge in [0.2, 0.25) is 0 Å². The van der Waals surface area contributed by atoms with Crippen molar-refractivity contribution in [3.63, 3.8) is 0 Å². The molecular weight excluding hydrogens is 228 g/mol. The van der Waals surface area contributed by atoms with Gasteiger partial charge in [0.1, 0.15) is 6.61 Å². The van der Waals surface area contributed by atoms with Gasteiger partial charge in [-0.15, -0.1) is 0 Å². The van der Waals surface area contributed by atoms with E-state index in [4.69, 9.17) is 24.7 Å². The SMILES string of the molecule is O=C(O)c1ccc(OOCCOCCO)cc1. The topological polar surface area (TPSA) is 85.2 Å². The van der Waals surface area contributed by atoms with Crippen LogP contribution in [0.15, 0.2) is 24.3 Å². The summed E-state index contributed by atoms with van der Waals surface area (Å²) in [5.41, 5.74) is 0.184. The molecule has 0 aromatic heterocycles. The third kappa shape index (κ3) is 5.30. The zero-order valence-corrected chi connectivity index (χ0v) is 9.17. The van der Waals surface area contributed by atoms with Crippen molar-refractivity contribution >= 4 is 5.97 Å². The fraction of sp³-hybridized carbons (Fsp3) is 0.364. The average Bonchev–Trinajstić information content (AvgIpc) is 2.34. The lowest BCUT2D eigenvalue weighted by atomic mass is 10.2. The number of aliphatic hydroxyl groups is 1. The summed E-state index contributed by atoms with van der Waals surface area (Å²) in [5, 5.41) is 17.1. The van der Waals surface area contributed by atoms with Gasteiger partial charge in [-0.05, 0) is 24.3 Å². The minimum Gasteiger partial charge on any atom is -0.478 e. The molecular formula is C11H14O6. The molecule has 0 fully saturated rings. The number of hydrogen-bond acceptors (Lipinski definition) is 5. The molecule has 17 heavy (non-hydrogen) atoms. The maximum Gasteiger partial charge on any atom is 0.335 e. The number of carbonyl (C=O) groups is 1. The Morgan fingerprint density at radius 3 is 2.41 bits per heavy atom. The van der Waals surface area contributed by atoms with Crippen LogP contribution in [0.25, 0.3) is 0 Å². The quantitative estimate of drug-likeness (QED) is 0.396. The average molecular weight is 242 g/mol. The predicted octanol–water partition coefficient (Wildman–Crippen LogP) is 0.704. The van der Waals surface area contributed by atoms with Gasteiger partial charge in [0, 0.05) is 0 Å². The molecule has 0 saturated heterocycles. The highest BCUT2D eigenvalue weighted by atomic mass is 17.2. The van der Waals surface area contributed by atoms with Gasteiger partial charge in [0.15, 0.2) is 5.75 Å². The second-order valence-corrected chi connectivity index (χ2v) is 3.07. The lowest BCUT2D eigenvalue weighted by molar-refractivity contribution is -0.215. The molecule has 0 radical (unpaired) electrons. The number of carboxylic acid groups (broad SMARTS) is 1. The summed E-state index contributed by atoms with van der Waals surface area (Å²) in [7, 11) is 0. The lowest BCUT2D eigenvalue weighted by Gasteiger charge is -2.05. The van der Waals surface area contributed by atoms with Crippen LogP contribution < -0.4 is 4.89 Å². The molecule has 6 nitrogen and oxygen atoms in total. The summed E-state index contributed by atoms with van der Waals surface area (Å²) in [4.78, 5) is 20.3. The summed E-state index contributed by atoms with van der Waals surface area (Å²) >= 11 is 0. The standard InChI is InChI=1S/C11H14O6/c12-5-6-15-7-8-16-17-10-3-1-9(2-4-10)11(13)14/h1-4,12H,5-8H2,(H,13,14). The predicted molar refractivity (Wildman–Crippen MR) is 57.9 cm³/mol. The molecule has 0 atom stereocenters. The van der Waals surface area contributed by atoms with Crippen molar-refractivity contribution in [2.24, 2.45) is 0 Å². The number of aliphatic hydroxyl groups excluding tert-OH is 1. The summed E-state index contributed by atoms with van der Waals surface area (Å²) < 4.78 is 4.94. The Kier molecular flexibility index (Phi) is 6.02. The van der Waals surface area contributed by atoms with Crippen LogP contribution in [0.5, 0.6) is 5.75 Å². The van der Waals surface area contributed by atoms with E-state index in [9.17, 15) is 4.79 Å². The van der Waals surface area contributed by atoms with Crippen LogP contribution >= 0.6 is 0 Å². The normalized spacial score (nSPS) is 10.2. The third-order valence-electron chi connectivity index (χ3n) is 1.80. The van der Waals surface area contributed by atoms with Gasteiger partial charge >= 0.3 is 5.97 Å². The number of hydrogen-bond donors (Lipinski definition) is 2. The fourth-order valence-electron chi connectivity index (χ4n) is 1.02. The number of ether oxygens (including phenoxy) is 1. The van der Waals surface area contributed by atoms with E-state index in [0.29, 0.717) is 12.4 Å². The van der Waals surface area contributed by atoms with E-state index in [2.05, 4.69) is 0 Å². The van der Waals surface area contributed by atoms with Gasteiger partial charge in [-0.25, -0.2) is 4.79 Å². The molecule has 6 heteroatoms. The van der Waals surface area contributed by atoms with Crippen LogP contribution in [0.1, 0.15) is 10.4 Å². The van der Waals surface area contributed by atoms with Crippen molar-refractivity contribution in [1.82, 2.24) is 0 Å². The van der Waals surface area contributed by atoms with E-state index >= 15 is 0 Å². The molecule has 94 valence electrons. The molecule has 1 aromatic rings. The van der Waals surface area contributed by atoms with Crippen LogP contribution in [0.3, 0.4) is 0 Å². The van der Waals surface area contributed by atoms with Crippen LogP contribution in [0.4, 0.5) is 0 Å². The largest absolute Gasteiger partial charge is 0.478 e. The number of benzene rings is 1. The van der Waals surface area contributed by atoms with Gasteiger partial charge in [0.05, 0.1) is 25.4 Å². The number of carboxylic acids is 1. The summed E-state index contributed by atoms with van der Waals surface area (Å²) in [6, 6.07) is 5.84. The third-order valence-corrected chi connectivity index (χ3v) is 1.80. The highest BCUT2D eigenvalue weighted by Gasteiger charge is 2.02. The molecule has 0 spiro atoms. The lowest BCUT2D eigenvalue weighted by Crippen LogP contribution is -2.09. The molecule has 2 N–H and O–H groups in total. The highest BCUT2D eigenvalue weighted by Crippen LogP contribution is 2.12. The summed E-state index contributed by atoms with van der Waals surface area (Å²) in [6.45, 7) is 0.766. The van der Waals surface area contributed by atoms with Crippen LogP contribution in [-0.4, -0.2) is 42.6 Å². The van der Waals surface area contributed by atoms with Gasteiger partial charge in [-0.2, -0.15) is 4.89 Å². The monoisotopic (exact) mass is 242 g/mol. The van der Waals surface area contributed by atoms with Crippen molar-refractivity contribution in [1.29, 1.82) is 0 Å². The van der Waals surface area contributed by atoms with E-state index < -0.39 is 5.97 Å². The Labute approximate surface area is 98.3 Å². The van der Waals surface area contributed by atoms with Gasteiger partial charge in [-0.1, -0.05) is 0 Å². The minimum absolute atomic E-state index is 0.0303. The number of aromatic carboxylic acids is 1. The van der Waals surface area contributed by atoms with E-state index in [0.717, 1.165) is 0 Å². The van der Waals surface area contributed by atoms with Gasteiger partial charge < -0.3 is 19.8 Å². The molecule has 1 aromatic carbocycles. The van der Waals surface area contributed by atoms with Crippen molar-refractivity contribution in [2.45, 2.75) is 0 Å². The van der Waals surface area contributed by atoms with Crippen molar-refractivity contribution < 1.29 is 29.5 Å². The van der Waals surface area contributed by atoms with Crippen LogP contribution in [-0.2, 0) is 9.62 Å². The van der Waals surface area contributed by atoms with E-state index in [1.165, 1.54) is 24.3 Å². The molecule has 0 unspecified atom stereocenters. The summed E-state index contributed by atoms with van der Waals surface area (Å²) in [6.07, 6.45) is 0. The molecule has 0 aliphatic rings. The van der Waals surface area contributed by atoms with Crippen molar-refractivity contribution in [3.8, 4) is 5.75 Å². The molecule has 0 aliphatic carbocycles. The smallest absolute Gasteiger partial charge is 0.335 e. The minimum atomic E-state index is -0.991. The molecule has 0 heterocycles. The molecule has 1 rings (SSSR count). The zero-order chi connectivity index (χ0) is 12.5. The maximum absolute atomic E-state index is 10.6. The second-order valence-electron chi connectivity index (χ2n) is 3.07. The summed E-state index contributed by atoms with van der Waals surface area (Å²) in [5.74, 6) is -0.577. The molecule has 0 bridgehead atoms. The first-order chi connectivity index (χ1) is 8.24. The Morgan fingerprint density at radius 1 is 1.12 bits per heavy atom. The van der Waals surface area contributed by atoms with E-state index in [1.54, 1.807) is 0 Å². The Bertz CT molecular complexity index is 334. The first-order valence-corrected chi connectivity index (χ1v) is 5.05. The van der Waals surface area contributed by atoms with Crippen molar-refractivity contribution in [2.75, 3.05) is 26.4 Å². The Morgan fingerprint density at radius 2 is 1.82 bits per heavy atom. The first kappa shape index (κ1) is 13.4. The van der Waals surface area contributed by atoms with E-state index in [1.807, 2.05) is 0 Å². The Balaban J connectivity index is 2.21. The zero-order valence-electron chi connectivity index (χ0n) is 9.17. The number of rotatable bonds is 8. The van der Waals surface area contributed by atoms with Gasteiger partial charge in [0.25, 0.3) is 0 Å². The van der Waals surface area contributed by atoms with Crippen LogP contribution in [0.2, 0.25) is 0 Å². The Hall–Kier alpha value is -1.63. The first-order valence-electron chi connectivity index (χ1n) is 5.05. The second kappa shape index (κ2) is 7.61. The molecule has 0 aliphatic heterocycles. The fourth-order valence-corrected chi connectivity index (χ4v) is 1.02. The van der Waals surface area contributed by atoms with Crippen LogP contribution in [0, 0.1) is 0 Å². The maximum atomic E-state index is 10.6. The van der Waals surface area contributed by atoms with E-state index in [-0.39, 0.29) is 25.4 Å². The molecule has 0 saturated carbocycles. The van der Waals surface area contributed by atoms with Crippen molar-refractivity contribution in [3.05, 3.63) is 29.8 Å². The van der Waals surface area contributed by atoms with Gasteiger partial charge in [-0.3, -0.25) is 0 Å². The molecule has 0 amide bonds.